The highest BCUT2D eigenvalue weighted by Crippen LogP contribution is 2.15. The summed E-state index contributed by atoms with van der Waals surface area (Å²) in [5.74, 6) is 0. The van der Waals surface area contributed by atoms with Crippen molar-refractivity contribution in [1.29, 1.82) is 0 Å². The average molecular weight is 240 g/mol. The molecule has 1 saturated heterocycles. The van der Waals surface area contributed by atoms with Gasteiger partial charge in [-0.05, 0) is 25.1 Å². The fourth-order valence-corrected chi connectivity index (χ4v) is 3.30. The van der Waals surface area contributed by atoms with Gasteiger partial charge in [0.25, 0.3) is 0 Å². The van der Waals surface area contributed by atoms with E-state index < -0.39 is 10.0 Å². The molecule has 0 amide bonds. The van der Waals surface area contributed by atoms with Gasteiger partial charge in [0.05, 0.1) is 4.90 Å². The highest BCUT2D eigenvalue weighted by Gasteiger charge is 2.24. The number of rotatable bonds is 2. The third-order valence-electron chi connectivity index (χ3n) is 2.68. The first-order valence-corrected chi connectivity index (χ1v) is 6.91. The standard InChI is InChI=1S/C11H16N2O2S/c14-16(15,11-5-2-1-3-6-11)13-9-4-7-12-8-10-13/h1-3,5-6,12H,4,7-10H2. The molecule has 0 aromatic heterocycles. The zero-order chi connectivity index (χ0) is 11.4. The van der Waals surface area contributed by atoms with Crippen molar-refractivity contribution in [3.8, 4) is 0 Å². The first-order chi connectivity index (χ1) is 7.71. The molecule has 0 bridgehead atoms. The average Bonchev–Trinajstić information content (AvgIpc) is 2.59. The molecule has 1 N–H and O–H groups in total. The van der Waals surface area contributed by atoms with Gasteiger partial charge >= 0.3 is 0 Å². The molecular formula is C11H16N2O2S. The van der Waals surface area contributed by atoms with E-state index in [1.807, 2.05) is 6.07 Å². The highest BCUT2D eigenvalue weighted by atomic mass is 32.2. The van der Waals surface area contributed by atoms with Crippen LogP contribution in [-0.4, -0.2) is 38.9 Å². The molecule has 0 unspecified atom stereocenters. The van der Waals surface area contributed by atoms with Gasteiger partial charge < -0.3 is 5.32 Å². The second kappa shape index (κ2) is 4.95. The third kappa shape index (κ3) is 2.42. The van der Waals surface area contributed by atoms with Crippen LogP contribution in [0.5, 0.6) is 0 Å². The molecule has 0 saturated carbocycles. The Morgan fingerprint density at radius 2 is 1.81 bits per heavy atom. The monoisotopic (exact) mass is 240 g/mol. The van der Waals surface area contributed by atoms with E-state index in [1.54, 1.807) is 28.6 Å². The number of hydrogen-bond donors (Lipinski definition) is 1. The minimum atomic E-state index is -3.29. The lowest BCUT2D eigenvalue weighted by molar-refractivity contribution is 0.432. The lowest BCUT2D eigenvalue weighted by atomic mass is 10.4. The van der Waals surface area contributed by atoms with Gasteiger partial charge in [0.2, 0.25) is 10.0 Å². The topological polar surface area (TPSA) is 49.4 Å². The van der Waals surface area contributed by atoms with Crippen LogP contribution < -0.4 is 5.32 Å². The molecule has 4 nitrogen and oxygen atoms in total. The van der Waals surface area contributed by atoms with Crippen LogP contribution in [0.25, 0.3) is 0 Å². The van der Waals surface area contributed by atoms with Crippen molar-refractivity contribution in [2.45, 2.75) is 11.3 Å². The summed E-state index contributed by atoms with van der Waals surface area (Å²) < 4.78 is 26.0. The molecule has 0 atom stereocenters. The summed E-state index contributed by atoms with van der Waals surface area (Å²) in [4.78, 5) is 0.386. The fraction of sp³-hybridized carbons (Fsp3) is 0.455. The normalized spacial score (nSPS) is 19.2. The first-order valence-electron chi connectivity index (χ1n) is 5.47. The first kappa shape index (κ1) is 11.6. The zero-order valence-electron chi connectivity index (χ0n) is 9.09. The fourth-order valence-electron chi connectivity index (χ4n) is 1.80. The molecule has 16 heavy (non-hydrogen) atoms. The Bertz CT molecular complexity index is 423. The molecule has 5 heteroatoms. The number of benzene rings is 1. The Hall–Kier alpha value is -0.910. The van der Waals surface area contributed by atoms with Crippen molar-refractivity contribution < 1.29 is 8.42 Å². The largest absolute Gasteiger partial charge is 0.315 e. The molecule has 88 valence electrons. The molecule has 1 aliphatic rings. The summed E-state index contributed by atoms with van der Waals surface area (Å²) >= 11 is 0. The predicted molar refractivity (Wildman–Crippen MR) is 62.7 cm³/mol. The Morgan fingerprint density at radius 1 is 1.06 bits per heavy atom. The van der Waals surface area contributed by atoms with Crippen LogP contribution in [0.15, 0.2) is 35.2 Å². The summed E-state index contributed by atoms with van der Waals surface area (Å²) in [7, 11) is -3.29. The van der Waals surface area contributed by atoms with Gasteiger partial charge in [-0.15, -0.1) is 0 Å². The van der Waals surface area contributed by atoms with Crippen molar-refractivity contribution >= 4 is 10.0 Å². The van der Waals surface area contributed by atoms with Crippen LogP contribution in [0.3, 0.4) is 0 Å². The Labute approximate surface area is 96.3 Å². The van der Waals surface area contributed by atoms with Gasteiger partial charge in [-0.25, -0.2) is 8.42 Å². The Kier molecular flexibility index (Phi) is 3.58. The highest BCUT2D eigenvalue weighted by molar-refractivity contribution is 7.89. The van der Waals surface area contributed by atoms with Crippen molar-refractivity contribution in [3.63, 3.8) is 0 Å². The van der Waals surface area contributed by atoms with Gasteiger partial charge in [-0.2, -0.15) is 4.31 Å². The second-order valence-electron chi connectivity index (χ2n) is 3.82. The quantitative estimate of drug-likeness (QED) is 0.826. The van der Waals surface area contributed by atoms with Crippen LogP contribution >= 0.6 is 0 Å². The maximum absolute atomic E-state index is 12.2. The molecule has 2 rings (SSSR count). The number of nitrogens with zero attached hydrogens (tertiary/aromatic N) is 1. The number of hydrogen-bond acceptors (Lipinski definition) is 3. The summed E-state index contributed by atoms with van der Waals surface area (Å²) in [5.41, 5.74) is 0. The molecule has 0 spiro atoms. The molecule has 1 aliphatic heterocycles. The molecule has 1 aromatic rings. The van der Waals surface area contributed by atoms with E-state index in [0.717, 1.165) is 19.5 Å². The Balaban J connectivity index is 2.24. The predicted octanol–water partition coefficient (Wildman–Crippen LogP) is 0.671. The maximum atomic E-state index is 12.2. The van der Waals surface area contributed by atoms with Crippen LogP contribution in [-0.2, 0) is 10.0 Å². The molecule has 1 aromatic carbocycles. The zero-order valence-corrected chi connectivity index (χ0v) is 9.91. The summed E-state index contributed by atoms with van der Waals surface area (Å²) in [6.45, 7) is 2.77. The van der Waals surface area contributed by atoms with Gasteiger partial charge in [0.1, 0.15) is 0 Å². The summed E-state index contributed by atoms with van der Waals surface area (Å²) in [5, 5.41) is 3.19. The second-order valence-corrected chi connectivity index (χ2v) is 5.76. The van der Waals surface area contributed by atoms with E-state index in [9.17, 15) is 8.42 Å². The minimum Gasteiger partial charge on any atom is -0.315 e. The van der Waals surface area contributed by atoms with Crippen molar-refractivity contribution in [1.82, 2.24) is 9.62 Å². The minimum absolute atomic E-state index is 0.386. The Morgan fingerprint density at radius 3 is 2.56 bits per heavy atom. The number of sulfonamides is 1. The number of nitrogens with one attached hydrogen (secondary N) is 1. The van der Waals surface area contributed by atoms with Crippen LogP contribution in [0.1, 0.15) is 6.42 Å². The molecule has 0 radical (unpaired) electrons. The van der Waals surface area contributed by atoms with E-state index in [4.69, 9.17) is 0 Å². The lowest BCUT2D eigenvalue weighted by Gasteiger charge is -2.19. The molecular weight excluding hydrogens is 224 g/mol. The smallest absolute Gasteiger partial charge is 0.243 e. The van der Waals surface area contributed by atoms with E-state index in [-0.39, 0.29) is 0 Å². The maximum Gasteiger partial charge on any atom is 0.243 e. The van der Waals surface area contributed by atoms with Crippen LogP contribution in [0.2, 0.25) is 0 Å². The molecule has 0 aliphatic carbocycles. The van der Waals surface area contributed by atoms with E-state index in [1.165, 1.54) is 0 Å². The van der Waals surface area contributed by atoms with E-state index in [2.05, 4.69) is 5.32 Å². The van der Waals surface area contributed by atoms with Gasteiger partial charge in [-0.3, -0.25) is 0 Å². The van der Waals surface area contributed by atoms with E-state index in [0.29, 0.717) is 18.0 Å². The molecule has 1 fully saturated rings. The van der Waals surface area contributed by atoms with Crippen molar-refractivity contribution in [2.24, 2.45) is 0 Å². The third-order valence-corrected chi connectivity index (χ3v) is 4.59. The SMILES string of the molecule is O=S(=O)(c1ccccc1)N1CCCNCC1. The van der Waals surface area contributed by atoms with Crippen LogP contribution in [0, 0.1) is 0 Å². The van der Waals surface area contributed by atoms with Gasteiger partial charge in [0.15, 0.2) is 0 Å². The van der Waals surface area contributed by atoms with Crippen molar-refractivity contribution in [2.75, 3.05) is 26.2 Å². The lowest BCUT2D eigenvalue weighted by Crippen LogP contribution is -2.34. The summed E-state index contributed by atoms with van der Waals surface area (Å²) in [6.07, 6.45) is 0.867. The van der Waals surface area contributed by atoms with E-state index >= 15 is 0 Å². The van der Waals surface area contributed by atoms with Crippen LogP contribution in [0.4, 0.5) is 0 Å². The molecule has 1 heterocycles. The summed E-state index contributed by atoms with van der Waals surface area (Å²) in [6, 6.07) is 8.62. The van der Waals surface area contributed by atoms with Crippen molar-refractivity contribution in [3.05, 3.63) is 30.3 Å². The van der Waals surface area contributed by atoms with Gasteiger partial charge in [0, 0.05) is 19.6 Å². The van der Waals surface area contributed by atoms with Gasteiger partial charge in [-0.1, -0.05) is 18.2 Å².